The minimum atomic E-state index is -0.634. The largest absolute Gasteiger partial charge is 0.493 e. The van der Waals surface area contributed by atoms with Crippen molar-refractivity contribution in [2.45, 2.75) is 6.61 Å². The van der Waals surface area contributed by atoms with Crippen LogP contribution in [0.1, 0.15) is 11.1 Å². The van der Waals surface area contributed by atoms with E-state index in [9.17, 15) is 18.8 Å². The van der Waals surface area contributed by atoms with Crippen LogP contribution in [-0.2, 0) is 16.2 Å². The van der Waals surface area contributed by atoms with Gasteiger partial charge in [0.15, 0.2) is 11.5 Å². The lowest BCUT2D eigenvalue weighted by atomic mass is 10.1. The van der Waals surface area contributed by atoms with Crippen LogP contribution in [0.25, 0.3) is 6.08 Å². The van der Waals surface area contributed by atoms with Crippen LogP contribution in [0, 0.1) is 5.82 Å². The molecule has 0 aromatic heterocycles. The summed E-state index contributed by atoms with van der Waals surface area (Å²) in [7, 11) is 1.48. The summed E-state index contributed by atoms with van der Waals surface area (Å²) in [4.78, 5) is 38.7. The number of amides is 3. The minimum Gasteiger partial charge on any atom is -0.493 e. The first-order valence-corrected chi connectivity index (χ1v) is 13.3. The Bertz CT molecular complexity index is 1470. The second-order valence-electron chi connectivity index (χ2n) is 7.89. The predicted octanol–water partition coefficient (Wildman–Crippen LogP) is 7.16. The number of imide groups is 1. The zero-order valence-electron chi connectivity index (χ0n) is 19.6. The zero-order chi connectivity index (χ0) is 27.4. The fraction of sp³-hybridized carbons (Fsp3) is 0.115. The van der Waals surface area contributed by atoms with Gasteiger partial charge >= 0.3 is 0 Å². The highest BCUT2D eigenvalue weighted by molar-refractivity contribution is 9.10. The number of methoxy groups -OCH3 is 1. The quantitative estimate of drug-likeness (QED) is 0.263. The van der Waals surface area contributed by atoms with E-state index in [1.54, 1.807) is 30.3 Å². The molecule has 0 radical (unpaired) electrons. The van der Waals surface area contributed by atoms with Crippen molar-refractivity contribution in [3.8, 4) is 11.5 Å². The predicted molar refractivity (Wildman–Crippen MR) is 149 cm³/mol. The molecule has 12 heteroatoms. The first kappa shape index (κ1) is 28.0. The number of rotatable bonds is 8. The number of hydrogen-bond donors (Lipinski definition) is 1. The van der Waals surface area contributed by atoms with E-state index in [1.807, 2.05) is 0 Å². The molecule has 4 rings (SSSR count). The maximum atomic E-state index is 13.4. The molecule has 0 spiro atoms. The summed E-state index contributed by atoms with van der Waals surface area (Å²) in [6, 6.07) is 13.8. The van der Waals surface area contributed by atoms with Crippen LogP contribution in [0.3, 0.4) is 0 Å². The molecule has 0 atom stereocenters. The van der Waals surface area contributed by atoms with Gasteiger partial charge in [-0.3, -0.25) is 19.3 Å². The first-order valence-electron chi connectivity index (χ1n) is 10.9. The van der Waals surface area contributed by atoms with Crippen molar-refractivity contribution in [1.82, 2.24) is 4.90 Å². The van der Waals surface area contributed by atoms with Crippen molar-refractivity contribution in [2.24, 2.45) is 0 Å². The highest BCUT2D eigenvalue weighted by Gasteiger charge is 2.36. The summed E-state index contributed by atoms with van der Waals surface area (Å²) in [6.45, 7) is -0.305. The van der Waals surface area contributed by atoms with Gasteiger partial charge in [0.1, 0.15) is 19.0 Å². The van der Waals surface area contributed by atoms with Crippen molar-refractivity contribution in [3.05, 3.63) is 91.0 Å². The average Bonchev–Trinajstić information content (AvgIpc) is 3.13. The molecule has 3 amide bonds. The van der Waals surface area contributed by atoms with Gasteiger partial charge in [-0.15, -0.1) is 0 Å². The number of nitrogens with zero attached hydrogens (tertiary/aromatic N) is 1. The third kappa shape index (κ3) is 6.68. The molecule has 1 fully saturated rings. The lowest BCUT2D eigenvalue weighted by molar-refractivity contribution is -0.127. The van der Waals surface area contributed by atoms with E-state index in [1.165, 1.54) is 31.4 Å². The van der Waals surface area contributed by atoms with Gasteiger partial charge in [0.25, 0.3) is 11.1 Å². The normalized spacial score (nSPS) is 14.2. The van der Waals surface area contributed by atoms with Gasteiger partial charge < -0.3 is 14.8 Å². The number of nitrogens with one attached hydrogen (secondary N) is 1. The Morgan fingerprint density at radius 1 is 1.11 bits per heavy atom. The Morgan fingerprint density at radius 3 is 2.61 bits per heavy atom. The van der Waals surface area contributed by atoms with Crippen molar-refractivity contribution < 1.29 is 28.2 Å². The number of carbonyl (C=O) groups excluding carboxylic acids is 3. The van der Waals surface area contributed by atoms with Crippen molar-refractivity contribution in [3.63, 3.8) is 0 Å². The maximum absolute atomic E-state index is 13.4. The first-order chi connectivity index (χ1) is 18.1. The molecule has 1 heterocycles. The maximum Gasteiger partial charge on any atom is 0.294 e. The van der Waals surface area contributed by atoms with Gasteiger partial charge in [-0.25, -0.2) is 4.39 Å². The Morgan fingerprint density at radius 2 is 1.89 bits per heavy atom. The van der Waals surface area contributed by atoms with E-state index in [0.717, 1.165) is 16.5 Å². The highest BCUT2D eigenvalue weighted by Crippen LogP contribution is 2.38. The number of carbonyl (C=O) groups is 3. The Labute approximate surface area is 240 Å². The molecular weight excluding hydrogens is 622 g/mol. The lowest BCUT2D eigenvalue weighted by Gasteiger charge is -2.14. The fourth-order valence-electron chi connectivity index (χ4n) is 3.41. The number of halogens is 4. The second kappa shape index (κ2) is 12.2. The minimum absolute atomic E-state index is 0.126. The summed E-state index contributed by atoms with van der Waals surface area (Å²) in [5.74, 6) is -0.952. The third-order valence-electron chi connectivity index (χ3n) is 5.23. The standard InChI is InChI=1S/C26H18BrCl2FN2O5S/c1-36-21-8-15(18(27)11-22(21)37-13-14-5-6-19(28)20(29)7-14)9-23-25(34)32(26(35)38-23)12-24(33)31-17-4-2-3-16(30)10-17/h2-11H,12-13H2,1H3,(H,31,33)/b23-9+. The molecule has 0 aliphatic carbocycles. The van der Waals surface area contributed by atoms with E-state index in [-0.39, 0.29) is 17.2 Å². The van der Waals surface area contributed by atoms with Crippen molar-refractivity contribution in [2.75, 3.05) is 19.0 Å². The number of ether oxygens (including phenoxy) is 2. The van der Waals surface area contributed by atoms with Crippen molar-refractivity contribution >= 4 is 79.7 Å². The second-order valence-corrected chi connectivity index (χ2v) is 10.6. The summed E-state index contributed by atoms with van der Waals surface area (Å²) in [5, 5.41) is 2.73. The molecule has 1 aliphatic rings. The van der Waals surface area contributed by atoms with Crippen LogP contribution in [0.2, 0.25) is 10.0 Å². The number of anilines is 1. The van der Waals surface area contributed by atoms with E-state index in [2.05, 4.69) is 21.2 Å². The van der Waals surface area contributed by atoms with E-state index >= 15 is 0 Å². The van der Waals surface area contributed by atoms with Gasteiger partial charge in [0.05, 0.1) is 22.1 Å². The summed E-state index contributed by atoms with van der Waals surface area (Å²) < 4.78 is 25.3. The van der Waals surface area contributed by atoms with Crippen LogP contribution >= 0.6 is 50.9 Å². The molecule has 1 aliphatic heterocycles. The highest BCUT2D eigenvalue weighted by atomic mass is 79.9. The van der Waals surface area contributed by atoms with E-state index < -0.39 is 29.4 Å². The van der Waals surface area contributed by atoms with Gasteiger partial charge in [0, 0.05) is 10.2 Å². The molecule has 0 unspecified atom stereocenters. The molecule has 3 aromatic carbocycles. The SMILES string of the molecule is COc1cc(/C=C2/SC(=O)N(CC(=O)Nc3cccc(F)c3)C2=O)c(Br)cc1OCc1ccc(Cl)c(Cl)c1. The Kier molecular flexibility index (Phi) is 8.99. The van der Waals surface area contributed by atoms with Crippen LogP contribution in [0.15, 0.2) is 64.0 Å². The molecule has 1 N–H and O–H groups in total. The van der Waals surface area contributed by atoms with Gasteiger partial charge in [-0.2, -0.15) is 0 Å². The molecule has 38 heavy (non-hydrogen) atoms. The van der Waals surface area contributed by atoms with Gasteiger partial charge in [0.2, 0.25) is 5.91 Å². The smallest absolute Gasteiger partial charge is 0.294 e. The topological polar surface area (TPSA) is 84.9 Å². The summed E-state index contributed by atoms with van der Waals surface area (Å²) in [5.41, 5.74) is 1.57. The monoisotopic (exact) mass is 638 g/mol. The lowest BCUT2D eigenvalue weighted by Crippen LogP contribution is -2.36. The van der Waals surface area contributed by atoms with Crippen LogP contribution in [-0.4, -0.2) is 35.6 Å². The number of thioether (sulfide) groups is 1. The summed E-state index contributed by atoms with van der Waals surface area (Å²) >= 11 is 16.2. The van der Waals surface area contributed by atoms with Crippen LogP contribution in [0.4, 0.5) is 14.9 Å². The van der Waals surface area contributed by atoms with Crippen LogP contribution < -0.4 is 14.8 Å². The average molecular weight is 640 g/mol. The zero-order valence-corrected chi connectivity index (χ0v) is 23.5. The fourth-order valence-corrected chi connectivity index (χ4v) is 5.00. The molecule has 196 valence electrons. The molecular formula is C26H18BrCl2FN2O5S. The van der Waals surface area contributed by atoms with E-state index in [0.29, 0.717) is 43.3 Å². The Balaban J connectivity index is 1.47. The summed E-state index contributed by atoms with van der Waals surface area (Å²) in [6.07, 6.45) is 1.52. The van der Waals surface area contributed by atoms with Gasteiger partial charge in [-0.1, -0.05) is 51.3 Å². The molecule has 1 saturated heterocycles. The molecule has 7 nitrogen and oxygen atoms in total. The number of benzene rings is 3. The van der Waals surface area contributed by atoms with Gasteiger partial charge in [-0.05, 0) is 71.4 Å². The van der Waals surface area contributed by atoms with Crippen molar-refractivity contribution in [1.29, 1.82) is 0 Å². The molecule has 0 saturated carbocycles. The molecule has 3 aromatic rings. The third-order valence-corrected chi connectivity index (χ3v) is 7.56. The van der Waals surface area contributed by atoms with Crippen LogP contribution in [0.5, 0.6) is 11.5 Å². The van der Waals surface area contributed by atoms with E-state index in [4.69, 9.17) is 32.7 Å². The Hall–Kier alpha value is -3.05. The molecule has 0 bridgehead atoms. The number of hydrogen-bond acceptors (Lipinski definition) is 6.